The lowest BCUT2D eigenvalue weighted by atomic mass is 10.2. The number of hydrogen-bond acceptors (Lipinski definition) is 4. The minimum Gasteiger partial charge on any atom is -0.330 e. The second-order valence-electron chi connectivity index (χ2n) is 3.35. The van der Waals surface area contributed by atoms with Crippen molar-refractivity contribution in [2.45, 2.75) is 6.42 Å². The molecule has 0 amide bonds. The van der Waals surface area contributed by atoms with E-state index >= 15 is 0 Å². The molecule has 2 aromatic rings. The van der Waals surface area contributed by atoms with Crippen molar-refractivity contribution in [3.63, 3.8) is 0 Å². The van der Waals surface area contributed by atoms with Crippen LogP contribution in [0.25, 0.3) is 11.4 Å². The zero-order valence-electron chi connectivity index (χ0n) is 8.60. The predicted octanol–water partition coefficient (Wildman–Crippen LogP) is 1.80. The zero-order chi connectivity index (χ0) is 11.4. The van der Waals surface area contributed by atoms with Crippen LogP contribution in [0.2, 0.25) is 0 Å². The Hall–Kier alpha value is -1.33. The van der Waals surface area contributed by atoms with Crippen molar-refractivity contribution in [2.24, 2.45) is 5.73 Å². The van der Waals surface area contributed by atoms with Crippen molar-refractivity contribution in [3.8, 4) is 11.4 Å². The molecule has 0 atom stereocenters. The number of nitrogens with zero attached hydrogens (tertiary/aromatic N) is 3. The van der Waals surface area contributed by atoms with Gasteiger partial charge in [-0.2, -0.15) is 0 Å². The Balaban J connectivity index is 2.27. The summed E-state index contributed by atoms with van der Waals surface area (Å²) in [6.07, 6.45) is 7.87. The van der Waals surface area contributed by atoms with Gasteiger partial charge in [0.1, 0.15) is 0 Å². The van der Waals surface area contributed by atoms with Crippen LogP contribution >= 0.6 is 15.9 Å². The summed E-state index contributed by atoms with van der Waals surface area (Å²) in [4.78, 5) is 12.6. The van der Waals surface area contributed by atoms with Crippen LogP contribution in [0.15, 0.2) is 35.3 Å². The number of nitrogens with two attached hydrogens (primary N) is 1. The van der Waals surface area contributed by atoms with E-state index in [0.717, 1.165) is 22.0 Å². The molecule has 5 heteroatoms. The number of aromatic nitrogens is 3. The molecular weight excluding hydrogens is 268 g/mol. The van der Waals surface area contributed by atoms with Crippen molar-refractivity contribution in [1.29, 1.82) is 0 Å². The Morgan fingerprint density at radius 2 is 1.88 bits per heavy atom. The molecule has 0 fully saturated rings. The summed E-state index contributed by atoms with van der Waals surface area (Å²) >= 11 is 3.36. The summed E-state index contributed by atoms with van der Waals surface area (Å²) in [6, 6.07) is 1.94. The van der Waals surface area contributed by atoms with Crippen LogP contribution in [0.1, 0.15) is 5.56 Å². The van der Waals surface area contributed by atoms with Crippen LogP contribution in [0.4, 0.5) is 0 Å². The van der Waals surface area contributed by atoms with Crippen LogP contribution in [-0.2, 0) is 6.42 Å². The van der Waals surface area contributed by atoms with Crippen LogP contribution in [0.5, 0.6) is 0 Å². The topological polar surface area (TPSA) is 64.7 Å². The van der Waals surface area contributed by atoms with Gasteiger partial charge in [0, 0.05) is 34.8 Å². The molecule has 2 rings (SSSR count). The zero-order valence-corrected chi connectivity index (χ0v) is 10.2. The first kappa shape index (κ1) is 11.2. The molecule has 0 bridgehead atoms. The second-order valence-corrected chi connectivity index (χ2v) is 4.26. The average molecular weight is 279 g/mol. The fourth-order valence-electron chi connectivity index (χ4n) is 1.33. The van der Waals surface area contributed by atoms with Crippen molar-refractivity contribution in [2.75, 3.05) is 6.54 Å². The highest BCUT2D eigenvalue weighted by molar-refractivity contribution is 9.10. The highest BCUT2D eigenvalue weighted by Crippen LogP contribution is 2.17. The highest BCUT2D eigenvalue weighted by atomic mass is 79.9. The van der Waals surface area contributed by atoms with E-state index < -0.39 is 0 Å². The first-order chi connectivity index (χ1) is 7.79. The summed E-state index contributed by atoms with van der Waals surface area (Å²) < 4.78 is 0.916. The predicted molar refractivity (Wildman–Crippen MR) is 65.7 cm³/mol. The molecule has 0 saturated carbocycles. The molecule has 2 aromatic heterocycles. The molecule has 0 aromatic carbocycles. The monoisotopic (exact) mass is 278 g/mol. The van der Waals surface area contributed by atoms with E-state index in [4.69, 9.17) is 5.73 Å². The first-order valence-electron chi connectivity index (χ1n) is 4.91. The van der Waals surface area contributed by atoms with Gasteiger partial charge in [0.05, 0.1) is 0 Å². The molecule has 0 aliphatic carbocycles. The Labute approximate surface area is 102 Å². The van der Waals surface area contributed by atoms with E-state index in [0.29, 0.717) is 12.4 Å². The second kappa shape index (κ2) is 5.14. The van der Waals surface area contributed by atoms with Crippen molar-refractivity contribution in [3.05, 3.63) is 40.9 Å². The fraction of sp³-hybridized carbons (Fsp3) is 0.182. The van der Waals surface area contributed by atoms with Gasteiger partial charge in [-0.1, -0.05) is 0 Å². The van der Waals surface area contributed by atoms with Gasteiger partial charge in [0.25, 0.3) is 0 Å². The Morgan fingerprint density at radius 1 is 1.12 bits per heavy atom. The Bertz CT molecular complexity index is 470. The molecule has 0 spiro atoms. The highest BCUT2D eigenvalue weighted by Gasteiger charge is 2.02. The van der Waals surface area contributed by atoms with E-state index in [-0.39, 0.29) is 0 Å². The van der Waals surface area contributed by atoms with Gasteiger partial charge in [-0.15, -0.1) is 0 Å². The SMILES string of the molecule is NCCc1cnc(-c2cncc(Br)c2)nc1. The first-order valence-corrected chi connectivity index (χ1v) is 5.71. The standard InChI is InChI=1S/C11H11BrN4/c12-10-3-9(6-14-7-10)11-15-4-8(1-2-13)5-16-11/h3-7H,1-2,13H2. The normalized spacial score (nSPS) is 10.4. The number of pyridine rings is 1. The van der Waals surface area contributed by atoms with E-state index in [1.165, 1.54) is 0 Å². The summed E-state index contributed by atoms with van der Waals surface area (Å²) in [5.74, 6) is 0.676. The third-order valence-electron chi connectivity index (χ3n) is 2.10. The fourth-order valence-corrected chi connectivity index (χ4v) is 1.70. The minimum absolute atomic E-state index is 0.612. The molecule has 2 N–H and O–H groups in total. The van der Waals surface area contributed by atoms with Crippen LogP contribution in [0.3, 0.4) is 0 Å². The van der Waals surface area contributed by atoms with Gasteiger partial charge >= 0.3 is 0 Å². The summed E-state index contributed by atoms with van der Waals surface area (Å²) in [7, 11) is 0. The van der Waals surface area contributed by atoms with Crippen LogP contribution in [-0.4, -0.2) is 21.5 Å². The molecule has 0 radical (unpaired) electrons. The smallest absolute Gasteiger partial charge is 0.160 e. The van der Waals surface area contributed by atoms with Crippen LogP contribution in [0, 0.1) is 0 Å². The third-order valence-corrected chi connectivity index (χ3v) is 2.54. The molecular formula is C11H11BrN4. The quantitative estimate of drug-likeness (QED) is 0.930. The minimum atomic E-state index is 0.612. The number of halogens is 1. The van der Waals surface area contributed by atoms with Crippen molar-refractivity contribution < 1.29 is 0 Å². The lowest BCUT2D eigenvalue weighted by molar-refractivity contribution is 0.943. The summed E-state index contributed by atoms with van der Waals surface area (Å²) in [6.45, 7) is 0.612. The van der Waals surface area contributed by atoms with E-state index in [1.54, 1.807) is 24.8 Å². The third kappa shape index (κ3) is 2.62. The molecule has 0 aliphatic rings. The lowest BCUT2D eigenvalue weighted by Gasteiger charge is -2.01. The molecule has 2 heterocycles. The summed E-state index contributed by atoms with van der Waals surface area (Å²) in [5.41, 5.74) is 7.40. The van der Waals surface area contributed by atoms with E-state index in [1.807, 2.05) is 6.07 Å². The Kier molecular flexibility index (Phi) is 3.58. The van der Waals surface area contributed by atoms with Crippen molar-refractivity contribution in [1.82, 2.24) is 15.0 Å². The van der Waals surface area contributed by atoms with Gasteiger partial charge < -0.3 is 5.73 Å². The van der Waals surface area contributed by atoms with Gasteiger partial charge in [0.2, 0.25) is 0 Å². The summed E-state index contributed by atoms with van der Waals surface area (Å²) in [5, 5.41) is 0. The maximum atomic E-state index is 5.46. The molecule has 4 nitrogen and oxygen atoms in total. The largest absolute Gasteiger partial charge is 0.330 e. The molecule has 82 valence electrons. The van der Waals surface area contributed by atoms with Gasteiger partial charge in [-0.3, -0.25) is 4.98 Å². The van der Waals surface area contributed by atoms with E-state index in [9.17, 15) is 0 Å². The maximum absolute atomic E-state index is 5.46. The van der Waals surface area contributed by atoms with Crippen molar-refractivity contribution >= 4 is 15.9 Å². The molecule has 0 aliphatic heterocycles. The van der Waals surface area contributed by atoms with Crippen LogP contribution < -0.4 is 5.73 Å². The maximum Gasteiger partial charge on any atom is 0.160 e. The van der Waals surface area contributed by atoms with Gasteiger partial charge in [-0.25, -0.2) is 9.97 Å². The molecule has 0 unspecified atom stereocenters. The van der Waals surface area contributed by atoms with Gasteiger partial charge in [0.15, 0.2) is 5.82 Å². The van der Waals surface area contributed by atoms with Gasteiger partial charge in [-0.05, 0) is 40.5 Å². The Morgan fingerprint density at radius 3 is 2.50 bits per heavy atom. The lowest BCUT2D eigenvalue weighted by Crippen LogP contribution is -2.03. The van der Waals surface area contributed by atoms with E-state index in [2.05, 4.69) is 30.9 Å². The molecule has 16 heavy (non-hydrogen) atoms. The number of hydrogen-bond donors (Lipinski definition) is 1. The average Bonchev–Trinajstić information content (AvgIpc) is 2.30. The molecule has 0 saturated heterocycles. The number of rotatable bonds is 3.